The molecule has 0 saturated carbocycles. The van der Waals surface area contributed by atoms with Gasteiger partial charge in [-0.2, -0.15) is 0 Å². The first-order chi connectivity index (χ1) is 12.6. The van der Waals surface area contributed by atoms with Gasteiger partial charge in [0.2, 0.25) is 0 Å². The van der Waals surface area contributed by atoms with Crippen LogP contribution in [0, 0.1) is 23.7 Å². The molecule has 1 N–H and O–H groups in total. The van der Waals surface area contributed by atoms with Crippen molar-refractivity contribution >= 4 is 17.7 Å². The van der Waals surface area contributed by atoms with Gasteiger partial charge < -0.3 is 9.84 Å². The Kier molecular flexibility index (Phi) is 16.0. The molecule has 0 fully saturated rings. The highest BCUT2D eigenvalue weighted by molar-refractivity contribution is 6.33. The molecule has 0 amide bonds. The van der Waals surface area contributed by atoms with Crippen molar-refractivity contribution in [3.8, 4) is 23.7 Å². The van der Waals surface area contributed by atoms with E-state index in [2.05, 4.69) is 35.3 Å². The van der Waals surface area contributed by atoms with Gasteiger partial charge in [0.25, 0.3) is 5.78 Å². The third kappa shape index (κ3) is 16.6. The third-order valence-corrected chi connectivity index (χ3v) is 3.68. The van der Waals surface area contributed by atoms with Gasteiger partial charge in [0.05, 0.1) is 0 Å². The lowest BCUT2D eigenvalue weighted by Crippen LogP contribution is -2.21. The number of carbonyl (C=O) groups excluding carboxylic acids is 2. The Balaban J connectivity index is 3.51. The van der Waals surface area contributed by atoms with Gasteiger partial charge in [-0.1, -0.05) is 57.3 Å². The SMILES string of the molecule is CCCCCCCCCC#CC#CCCCCC(=O)OCC(=O)C(=O)O. The molecule has 0 rings (SSSR count). The Morgan fingerprint density at radius 3 is 1.92 bits per heavy atom. The van der Waals surface area contributed by atoms with Gasteiger partial charge in [0.1, 0.15) is 0 Å². The maximum absolute atomic E-state index is 11.3. The molecule has 0 bridgehead atoms. The number of aliphatic carboxylic acids is 1. The molecule has 0 radical (unpaired) electrons. The number of unbranched alkanes of at least 4 members (excludes halogenated alkanes) is 9. The summed E-state index contributed by atoms with van der Waals surface area (Å²) in [6.45, 7) is 1.52. The molecule has 0 saturated heterocycles. The van der Waals surface area contributed by atoms with E-state index in [9.17, 15) is 14.4 Å². The van der Waals surface area contributed by atoms with E-state index in [-0.39, 0.29) is 6.42 Å². The zero-order valence-electron chi connectivity index (χ0n) is 15.8. The Labute approximate surface area is 156 Å². The van der Waals surface area contributed by atoms with Crippen LogP contribution in [0.25, 0.3) is 0 Å². The molecule has 26 heavy (non-hydrogen) atoms. The summed E-state index contributed by atoms with van der Waals surface area (Å²) in [5, 5.41) is 8.34. The van der Waals surface area contributed by atoms with Crippen LogP contribution in [0.1, 0.15) is 84.0 Å². The molecule has 5 nitrogen and oxygen atoms in total. The van der Waals surface area contributed by atoms with Gasteiger partial charge in [0, 0.05) is 19.3 Å². The van der Waals surface area contributed by atoms with Crippen LogP contribution in [0.5, 0.6) is 0 Å². The van der Waals surface area contributed by atoms with Gasteiger partial charge in [-0.25, -0.2) is 4.79 Å². The number of carbonyl (C=O) groups is 3. The largest absolute Gasteiger partial charge is 0.475 e. The molecule has 0 aliphatic carbocycles. The van der Waals surface area contributed by atoms with Crippen molar-refractivity contribution in [2.75, 3.05) is 6.61 Å². The van der Waals surface area contributed by atoms with Crippen molar-refractivity contribution in [2.24, 2.45) is 0 Å². The molecule has 0 aliphatic heterocycles. The number of ketones is 1. The predicted octanol–water partition coefficient (Wildman–Crippen LogP) is 3.89. The van der Waals surface area contributed by atoms with E-state index in [1.54, 1.807) is 0 Å². The maximum atomic E-state index is 11.3. The van der Waals surface area contributed by atoms with Gasteiger partial charge >= 0.3 is 11.9 Å². The molecule has 5 heteroatoms. The zero-order valence-corrected chi connectivity index (χ0v) is 15.8. The Bertz CT molecular complexity index is 542. The molecule has 0 spiro atoms. The number of ether oxygens (including phenoxy) is 1. The van der Waals surface area contributed by atoms with E-state index >= 15 is 0 Å². The number of carboxylic acids is 1. The van der Waals surface area contributed by atoms with Crippen LogP contribution in [-0.2, 0) is 19.1 Å². The number of hydrogen-bond donors (Lipinski definition) is 1. The third-order valence-electron chi connectivity index (χ3n) is 3.68. The summed E-state index contributed by atoms with van der Waals surface area (Å²) in [4.78, 5) is 32.3. The fraction of sp³-hybridized carbons (Fsp3) is 0.667. The van der Waals surface area contributed by atoms with Gasteiger partial charge in [-0.3, -0.25) is 9.59 Å². The van der Waals surface area contributed by atoms with E-state index in [0.29, 0.717) is 12.8 Å². The van der Waals surface area contributed by atoms with E-state index < -0.39 is 24.3 Å². The number of carboxylic acid groups (broad SMARTS) is 1. The van der Waals surface area contributed by atoms with E-state index in [1.165, 1.54) is 38.5 Å². The van der Waals surface area contributed by atoms with Crippen LogP contribution < -0.4 is 0 Å². The lowest BCUT2D eigenvalue weighted by molar-refractivity contribution is -0.155. The number of esters is 1. The van der Waals surface area contributed by atoms with Crippen molar-refractivity contribution in [2.45, 2.75) is 84.0 Å². The highest BCUT2D eigenvalue weighted by Gasteiger charge is 2.13. The smallest absolute Gasteiger partial charge is 0.375 e. The number of hydrogen-bond acceptors (Lipinski definition) is 4. The van der Waals surface area contributed by atoms with Crippen LogP contribution in [0.2, 0.25) is 0 Å². The van der Waals surface area contributed by atoms with Gasteiger partial charge in [0.15, 0.2) is 6.61 Å². The summed E-state index contributed by atoms with van der Waals surface area (Å²) in [7, 11) is 0. The van der Waals surface area contributed by atoms with Gasteiger partial charge in [-0.15, -0.1) is 0 Å². The lowest BCUT2D eigenvalue weighted by Gasteiger charge is -2.01. The van der Waals surface area contributed by atoms with E-state index in [1.807, 2.05) is 0 Å². The first-order valence-corrected chi connectivity index (χ1v) is 9.45. The minimum atomic E-state index is -1.60. The molecule has 0 aliphatic rings. The maximum Gasteiger partial charge on any atom is 0.375 e. The lowest BCUT2D eigenvalue weighted by atomic mass is 10.1. The summed E-state index contributed by atoms with van der Waals surface area (Å²) < 4.78 is 4.56. The second kappa shape index (κ2) is 17.5. The Hall–Kier alpha value is -2.27. The molecular formula is C21H30O5. The second-order valence-electron chi connectivity index (χ2n) is 6.07. The van der Waals surface area contributed by atoms with Crippen LogP contribution in [-0.4, -0.2) is 29.4 Å². The quantitative estimate of drug-likeness (QED) is 0.219. The molecule has 0 aromatic rings. The normalized spacial score (nSPS) is 9.42. The van der Waals surface area contributed by atoms with Crippen LogP contribution in [0.15, 0.2) is 0 Å². The van der Waals surface area contributed by atoms with Crippen LogP contribution in [0.3, 0.4) is 0 Å². The first kappa shape index (κ1) is 23.7. The fourth-order valence-electron chi connectivity index (χ4n) is 2.15. The summed E-state index contributed by atoms with van der Waals surface area (Å²) in [6.07, 6.45) is 11.9. The average molecular weight is 362 g/mol. The fourth-order valence-corrected chi connectivity index (χ4v) is 2.15. The molecule has 0 atom stereocenters. The summed E-state index contributed by atoms with van der Waals surface area (Å²) >= 11 is 0. The first-order valence-electron chi connectivity index (χ1n) is 9.45. The van der Waals surface area contributed by atoms with E-state index in [4.69, 9.17) is 5.11 Å². The molecule has 0 aromatic carbocycles. The molecular weight excluding hydrogens is 332 g/mol. The van der Waals surface area contributed by atoms with Crippen molar-refractivity contribution < 1.29 is 24.2 Å². The Morgan fingerprint density at radius 1 is 0.808 bits per heavy atom. The second-order valence-corrected chi connectivity index (χ2v) is 6.07. The molecule has 144 valence electrons. The minimum Gasteiger partial charge on any atom is -0.475 e. The number of Topliss-reactive ketones (excluding diaryl/α,β-unsaturated/α-hetero) is 1. The summed E-state index contributed by atoms with van der Waals surface area (Å²) in [5.41, 5.74) is 0. The molecule has 0 aromatic heterocycles. The molecule has 0 heterocycles. The van der Waals surface area contributed by atoms with Crippen molar-refractivity contribution in [1.29, 1.82) is 0 Å². The summed E-state index contributed by atoms with van der Waals surface area (Å²) in [5.74, 6) is 8.36. The van der Waals surface area contributed by atoms with Crippen molar-refractivity contribution in [3.05, 3.63) is 0 Å². The predicted molar refractivity (Wildman–Crippen MR) is 100 cm³/mol. The minimum absolute atomic E-state index is 0.151. The average Bonchev–Trinajstić information content (AvgIpc) is 2.62. The monoisotopic (exact) mass is 362 g/mol. The van der Waals surface area contributed by atoms with Crippen LogP contribution >= 0.6 is 0 Å². The zero-order chi connectivity index (χ0) is 19.5. The highest BCUT2D eigenvalue weighted by Crippen LogP contribution is 2.07. The van der Waals surface area contributed by atoms with E-state index in [0.717, 1.165) is 19.3 Å². The topological polar surface area (TPSA) is 80.7 Å². The Morgan fingerprint density at radius 2 is 1.35 bits per heavy atom. The number of rotatable bonds is 14. The standard InChI is InChI=1S/C21H30O5/c1-2-3-4-5-6-7-8-9-10-11-12-13-14-15-16-17-20(23)26-18-19(22)21(24)25/h2-9,14-18H2,1H3,(H,24,25). The summed E-state index contributed by atoms with van der Waals surface area (Å²) in [6, 6.07) is 0. The van der Waals surface area contributed by atoms with Crippen molar-refractivity contribution in [3.63, 3.8) is 0 Å². The van der Waals surface area contributed by atoms with Crippen molar-refractivity contribution in [1.82, 2.24) is 0 Å². The van der Waals surface area contributed by atoms with Gasteiger partial charge in [-0.05, 0) is 31.1 Å². The van der Waals surface area contributed by atoms with Crippen LogP contribution in [0.4, 0.5) is 0 Å². The molecule has 0 unspecified atom stereocenters. The highest BCUT2D eigenvalue weighted by atomic mass is 16.5.